The SMILES string of the molecule is Cc1nc2c(c(C)c1C)C(=S)N(C(=O)c1ccc(Br)cc1)C2. The maximum atomic E-state index is 12.7. The second-order valence-corrected chi connectivity index (χ2v) is 6.77. The summed E-state index contributed by atoms with van der Waals surface area (Å²) in [7, 11) is 0. The van der Waals surface area contributed by atoms with Gasteiger partial charge < -0.3 is 0 Å². The molecule has 2 heterocycles. The monoisotopic (exact) mass is 374 g/mol. The van der Waals surface area contributed by atoms with E-state index in [1.807, 2.05) is 32.9 Å². The molecule has 0 spiro atoms. The lowest BCUT2D eigenvalue weighted by atomic mass is 10.0. The van der Waals surface area contributed by atoms with Crippen molar-refractivity contribution in [2.24, 2.45) is 0 Å². The van der Waals surface area contributed by atoms with Crippen LogP contribution < -0.4 is 0 Å². The molecule has 3 nitrogen and oxygen atoms in total. The molecule has 3 rings (SSSR count). The molecule has 0 aliphatic carbocycles. The molecule has 0 atom stereocenters. The highest BCUT2D eigenvalue weighted by molar-refractivity contribution is 9.10. The molecule has 22 heavy (non-hydrogen) atoms. The molecule has 0 bridgehead atoms. The predicted molar refractivity (Wildman–Crippen MR) is 94.2 cm³/mol. The highest BCUT2D eigenvalue weighted by atomic mass is 79.9. The zero-order valence-corrected chi connectivity index (χ0v) is 15.0. The number of amides is 1. The van der Waals surface area contributed by atoms with Crippen LogP contribution in [0.25, 0.3) is 0 Å². The van der Waals surface area contributed by atoms with Crippen LogP contribution in [0.1, 0.15) is 38.4 Å². The van der Waals surface area contributed by atoms with Gasteiger partial charge in [-0.2, -0.15) is 0 Å². The largest absolute Gasteiger partial charge is 0.292 e. The van der Waals surface area contributed by atoms with Gasteiger partial charge in [-0.15, -0.1) is 0 Å². The molecule has 1 amide bonds. The topological polar surface area (TPSA) is 33.2 Å². The van der Waals surface area contributed by atoms with Crippen molar-refractivity contribution in [2.45, 2.75) is 27.3 Å². The van der Waals surface area contributed by atoms with Gasteiger partial charge in [-0.25, -0.2) is 0 Å². The number of aryl methyl sites for hydroxylation is 1. The molecule has 1 aromatic heterocycles. The summed E-state index contributed by atoms with van der Waals surface area (Å²) in [5.74, 6) is -0.0785. The number of hydrogen-bond acceptors (Lipinski definition) is 3. The molecular formula is C17H15BrN2OS. The maximum Gasteiger partial charge on any atom is 0.259 e. The molecular weight excluding hydrogens is 360 g/mol. The number of rotatable bonds is 1. The van der Waals surface area contributed by atoms with E-state index < -0.39 is 0 Å². The second kappa shape index (κ2) is 5.56. The van der Waals surface area contributed by atoms with Crippen molar-refractivity contribution in [2.75, 3.05) is 0 Å². The lowest BCUT2D eigenvalue weighted by molar-refractivity contribution is 0.0847. The Morgan fingerprint density at radius 2 is 1.82 bits per heavy atom. The number of nitrogens with zero attached hydrogens (tertiary/aromatic N) is 2. The summed E-state index contributed by atoms with van der Waals surface area (Å²) in [6.07, 6.45) is 0. The van der Waals surface area contributed by atoms with E-state index in [2.05, 4.69) is 20.9 Å². The molecule has 0 N–H and O–H groups in total. The second-order valence-electron chi connectivity index (χ2n) is 5.47. The molecule has 0 radical (unpaired) electrons. The van der Waals surface area contributed by atoms with E-state index in [0.29, 0.717) is 17.1 Å². The third kappa shape index (κ3) is 2.38. The van der Waals surface area contributed by atoms with Gasteiger partial charge >= 0.3 is 0 Å². The Bertz CT molecular complexity index is 799. The minimum Gasteiger partial charge on any atom is -0.292 e. The Morgan fingerprint density at radius 3 is 2.45 bits per heavy atom. The number of hydrogen-bond donors (Lipinski definition) is 0. The van der Waals surface area contributed by atoms with Crippen LogP contribution in [0.15, 0.2) is 28.7 Å². The third-order valence-electron chi connectivity index (χ3n) is 4.17. The van der Waals surface area contributed by atoms with Crippen molar-refractivity contribution in [1.82, 2.24) is 9.88 Å². The zero-order valence-electron chi connectivity index (χ0n) is 12.6. The molecule has 1 aliphatic rings. The van der Waals surface area contributed by atoms with E-state index in [1.54, 1.807) is 17.0 Å². The van der Waals surface area contributed by atoms with Gasteiger partial charge in [0.05, 0.1) is 12.2 Å². The first-order chi connectivity index (χ1) is 10.4. The van der Waals surface area contributed by atoms with Crippen molar-refractivity contribution in [3.8, 4) is 0 Å². The third-order valence-corrected chi connectivity index (χ3v) is 5.13. The maximum absolute atomic E-state index is 12.7. The minimum atomic E-state index is -0.0785. The standard InChI is InChI=1S/C17H15BrN2OS/c1-9-10(2)15-14(19-11(9)3)8-20(17(15)22)16(21)12-4-6-13(18)7-5-12/h4-7H,8H2,1-3H3. The van der Waals surface area contributed by atoms with Gasteiger partial charge in [0.2, 0.25) is 0 Å². The van der Waals surface area contributed by atoms with Crippen LogP contribution in [0.5, 0.6) is 0 Å². The average molecular weight is 375 g/mol. The summed E-state index contributed by atoms with van der Waals surface area (Å²) < 4.78 is 0.945. The average Bonchev–Trinajstić information content (AvgIpc) is 2.82. The van der Waals surface area contributed by atoms with E-state index in [-0.39, 0.29) is 5.91 Å². The van der Waals surface area contributed by atoms with Crippen molar-refractivity contribution in [3.05, 3.63) is 62.4 Å². The summed E-state index contributed by atoms with van der Waals surface area (Å²) in [4.78, 5) is 19.6. The van der Waals surface area contributed by atoms with Crippen LogP contribution >= 0.6 is 28.1 Å². The number of carbonyl (C=O) groups is 1. The summed E-state index contributed by atoms with van der Waals surface area (Å²) in [5.41, 5.74) is 5.73. The molecule has 1 aliphatic heterocycles. The fourth-order valence-electron chi connectivity index (χ4n) is 2.68. The van der Waals surface area contributed by atoms with Gasteiger partial charge in [0.15, 0.2) is 0 Å². The summed E-state index contributed by atoms with van der Waals surface area (Å²) in [5, 5.41) is 0. The molecule has 0 fully saturated rings. The van der Waals surface area contributed by atoms with Gasteiger partial charge in [-0.3, -0.25) is 14.7 Å². The zero-order chi connectivity index (χ0) is 16.0. The predicted octanol–water partition coefficient (Wildman–Crippen LogP) is 4.10. The smallest absolute Gasteiger partial charge is 0.259 e. The number of carbonyl (C=O) groups excluding carboxylic acids is 1. The molecule has 2 aromatic rings. The highest BCUT2D eigenvalue weighted by Crippen LogP contribution is 2.29. The van der Waals surface area contributed by atoms with Gasteiger partial charge in [0, 0.05) is 21.3 Å². The van der Waals surface area contributed by atoms with E-state index in [9.17, 15) is 4.79 Å². The minimum absolute atomic E-state index is 0.0785. The Kier molecular flexibility index (Phi) is 3.87. The van der Waals surface area contributed by atoms with E-state index in [4.69, 9.17) is 12.2 Å². The van der Waals surface area contributed by atoms with Crippen LogP contribution in [-0.4, -0.2) is 20.8 Å². The van der Waals surface area contributed by atoms with Crippen LogP contribution in [0.4, 0.5) is 0 Å². The number of fused-ring (bicyclic) bond motifs is 1. The molecule has 1 aromatic carbocycles. The number of benzene rings is 1. The number of halogens is 1. The Morgan fingerprint density at radius 1 is 1.18 bits per heavy atom. The fourth-order valence-corrected chi connectivity index (χ4v) is 3.37. The fraction of sp³-hybridized carbons (Fsp3) is 0.235. The lowest BCUT2D eigenvalue weighted by Gasteiger charge is -2.16. The summed E-state index contributed by atoms with van der Waals surface area (Å²) in [6.45, 7) is 6.53. The summed E-state index contributed by atoms with van der Waals surface area (Å²) >= 11 is 8.92. The number of pyridine rings is 1. The first-order valence-electron chi connectivity index (χ1n) is 6.98. The van der Waals surface area contributed by atoms with Gasteiger partial charge in [0.1, 0.15) is 4.99 Å². The Labute approximate surface area is 143 Å². The Hall–Kier alpha value is -1.59. The van der Waals surface area contributed by atoms with E-state index in [1.165, 1.54) is 0 Å². The van der Waals surface area contributed by atoms with Crippen LogP contribution in [0.3, 0.4) is 0 Å². The molecule has 112 valence electrons. The van der Waals surface area contributed by atoms with Crippen molar-refractivity contribution in [1.29, 1.82) is 0 Å². The molecule has 5 heteroatoms. The Balaban J connectivity index is 1.99. The van der Waals surface area contributed by atoms with Crippen molar-refractivity contribution >= 4 is 39.0 Å². The first kappa shape index (κ1) is 15.3. The first-order valence-corrected chi connectivity index (χ1v) is 8.18. The molecule has 0 saturated carbocycles. The quantitative estimate of drug-likeness (QED) is 0.704. The van der Waals surface area contributed by atoms with Crippen LogP contribution in [0, 0.1) is 20.8 Å². The van der Waals surface area contributed by atoms with E-state index >= 15 is 0 Å². The lowest BCUT2D eigenvalue weighted by Crippen LogP contribution is -2.30. The van der Waals surface area contributed by atoms with Gasteiger partial charge in [-0.1, -0.05) is 28.1 Å². The summed E-state index contributed by atoms with van der Waals surface area (Å²) in [6, 6.07) is 7.32. The van der Waals surface area contributed by atoms with Crippen molar-refractivity contribution in [3.63, 3.8) is 0 Å². The van der Waals surface area contributed by atoms with Crippen molar-refractivity contribution < 1.29 is 4.79 Å². The van der Waals surface area contributed by atoms with Gasteiger partial charge in [-0.05, 0) is 56.2 Å². The number of thiocarbonyl (C=S) groups is 1. The van der Waals surface area contributed by atoms with E-state index in [0.717, 1.165) is 32.6 Å². The normalized spacial score (nSPS) is 13.5. The number of aromatic nitrogens is 1. The van der Waals surface area contributed by atoms with Crippen LogP contribution in [-0.2, 0) is 6.54 Å². The molecule has 0 saturated heterocycles. The highest BCUT2D eigenvalue weighted by Gasteiger charge is 2.32. The molecule has 0 unspecified atom stereocenters. The van der Waals surface area contributed by atoms with Gasteiger partial charge in [0.25, 0.3) is 5.91 Å². The van der Waals surface area contributed by atoms with Crippen LogP contribution in [0.2, 0.25) is 0 Å².